The molecule has 15 nitrogen and oxygen atoms in total. The summed E-state index contributed by atoms with van der Waals surface area (Å²) in [5, 5.41) is 72.3. The number of aliphatic hydroxyl groups is 7. The predicted molar refractivity (Wildman–Crippen MR) is 284 cm³/mol. The summed E-state index contributed by atoms with van der Waals surface area (Å²) < 4.78 is 33.7. The van der Waals surface area contributed by atoms with Crippen molar-refractivity contribution < 1.29 is 73.8 Å². The largest absolute Gasteiger partial charge is 0.462 e. The van der Waals surface area contributed by atoms with Crippen LogP contribution < -0.4 is 0 Å². The smallest absolute Gasteiger partial charge is 0.306 e. The van der Waals surface area contributed by atoms with E-state index in [4.69, 9.17) is 28.4 Å². The van der Waals surface area contributed by atoms with E-state index in [1.807, 2.05) is 0 Å². The molecule has 2 aliphatic heterocycles. The average molecular weight is 1040 g/mol. The van der Waals surface area contributed by atoms with Crippen molar-refractivity contribution in [2.45, 2.75) is 293 Å². The number of hydrogen-bond donors (Lipinski definition) is 7. The summed E-state index contributed by atoms with van der Waals surface area (Å²) >= 11 is 0. The Hall–Kier alpha value is -2.28. The van der Waals surface area contributed by atoms with E-state index in [0.29, 0.717) is 12.8 Å². The van der Waals surface area contributed by atoms with Crippen LogP contribution in [-0.4, -0.2) is 142 Å². The van der Waals surface area contributed by atoms with Gasteiger partial charge in [0.25, 0.3) is 0 Å². The number of hydrogen-bond acceptors (Lipinski definition) is 15. The molecule has 73 heavy (non-hydrogen) atoms. The van der Waals surface area contributed by atoms with Crippen LogP contribution in [0.1, 0.15) is 226 Å². The van der Waals surface area contributed by atoms with E-state index in [2.05, 4.69) is 50.3 Å². The summed E-state index contributed by atoms with van der Waals surface area (Å²) in [6.07, 6.45) is 33.0. The Kier molecular flexibility index (Phi) is 41.0. The summed E-state index contributed by atoms with van der Waals surface area (Å²) in [5.41, 5.74) is 0. The van der Waals surface area contributed by atoms with E-state index in [9.17, 15) is 45.3 Å². The molecule has 426 valence electrons. The lowest BCUT2D eigenvalue weighted by atomic mass is 9.98. The summed E-state index contributed by atoms with van der Waals surface area (Å²) in [7, 11) is 0. The van der Waals surface area contributed by atoms with Crippen LogP contribution in [0.5, 0.6) is 0 Å². The first-order valence-corrected chi connectivity index (χ1v) is 29.1. The molecule has 2 aliphatic rings. The average Bonchev–Trinajstić information content (AvgIpc) is 3.38. The third-order valence-electron chi connectivity index (χ3n) is 13.9. The normalized spacial score (nSPS) is 25.1. The standard InChI is InChI=1S/C58H104O15/c1-3-5-7-9-11-13-15-17-19-21-22-23-25-27-29-31-33-35-37-39-41-50(61)71-46(43-68-49(60)40-38-36-34-32-30-28-26-24-20-18-16-14-12-10-8-6-4-2)44-69-57-56(67)54(65)52(63)48(73-57)45-70-58-55(66)53(64)51(62)47(42-59)72-58/h12,14,18,20,26,28,46-48,51-59,62-67H,3-11,13,15-17,19,21-25,27,29-45H2,1-2H3/b14-12+,20-18+,28-26+/t46-,47+,48+,51-,52-,53?,54?,55?,56?,57+,58+/m1/s1. The topological polar surface area (TPSA) is 231 Å². The minimum atomic E-state index is -1.77. The van der Waals surface area contributed by atoms with Gasteiger partial charge in [-0.15, -0.1) is 0 Å². The third kappa shape index (κ3) is 32.2. The Balaban J connectivity index is 1.76. The van der Waals surface area contributed by atoms with Gasteiger partial charge < -0.3 is 64.2 Å². The van der Waals surface area contributed by atoms with Crippen LogP contribution in [0.3, 0.4) is 0 Å². The molecule has 2 fully saturated rings. The van der Waals surface area contributed by atoms with Crippen molar-refractivity contribution in [1.82, 2.24) is 0 Å². The number of unbranched alkanes of at least 4 members (excludes halogenated alkanes) is 26. The Labute approximate surface area is 440 Å². The van der Waals surface area contributed by atoms with E-state index in [0.717, 1.165) is 64.2 Å². The minimum Gasteiger partial charge on any atom is -0.462 e. The highest BCUT2D eigenvalue weighted by molar-refractivity contribution is 5.70. The molecule has 0 aromatic rings. The fourth-order valence-electron chi connectivity index (χ4n) is 9.11. The summed E-state index contributed by atoms with van der Waals surface area (Å²) in [4.78, 5) is 25.9. The summed E-state index contributed by atoms with van der Waals surface area (Å²) in [5.74, 6) is -0.940. The third-order valence-corrected chi connectivity index (χ3v) is 13.9. The molecule has 0 aliphatic carbocycles. The first-order chi connectivity index (χ1) is 35.5. The second kappa shape index (κ2) is 44.8. The van der Waals surface area contributed by atoms with Gasteiger partial charge in [0.15, 0.2) is 18.7 Å². The molecule has 0 amide bonds. The number of rotatable bonds is 46. The number of aliphatic hydroxyl groups excluding tert-OH is 7. The highest BCUT2D eigenvalue weighted by Crippen LogP contribution is 2.27. The van der Waals surface area contributed by atoms with E-state index >= 15 is 0 Å². The molecule has 2 rings (SSSR count). The number of ether oxygens (including phenoxy) is 6. The van der Waals surface area contributed by atoms with Crippen molar-refractivity contribution in [1.29, 1.82) is 0 Å². The zero-order valence-corrected chi connectivity index (χ0v) is 45.4. The van der Waals surface area contributed by atoms with Gasteiger partial charge in [-0.2, -0.15) is 0 Å². The van der Waals surface area contributed by atoms with Gasteiger partial charge in [0.1, 0.15) is 55.4 Å². The number of allylic oxidation sites excluding steroid dienone is 6. The molecule has 2 heterocycles. The second-order valence-electron chi connectivity index (χ2n) is 20.5. The van der Waals surface area contributed by atoms with Gasteiger partial charge in [0.2, 0.25) is 0 Å². The SMILES string of the molecule is CCCCC/C=C/C/C=C/C/C=C/CCCCCCC(=O)OC[C@H](CO[C@H]1O[C@@H](CO[C@H]2O[C@@H](CO)[C@@H](O)C(O)C2O)[C@@H](O)C(O)C1O)OC(=O)CCCCCCCCCCCCCCCCCCCCCC. The second-order valence-corrected chi connectivity index (χ2v) is 20.5. The molecular weight excluding hydrogens is 937 g/mol. The monoisotopic (exact) mass is 1040 g/mol. The van der Waals surface area contributed by atoms with Crippen molar-refractivity contribution in [3.05, 3.63) is 36.5 Å². The molecule has 0 saturated carbocycles. The molecule has 4 unspecified atom stereocenters. The quantitative estimate of drug-likeness (QED) is 0.0171. The first-order valence-electron chi connectivity index (χ1n) is 29.1. The molecule has 0 aromatic heterocycles. The van der Waals surface area contributed by atoms with E-state index < -0.39 is 92.7 Å². The molecule has 0 radical (unpaired) electrons. The first kappa shape index (κ1) is 66.8. The molecule has 0 aromatic carbocycles. The Morgan fingerprint density at radius 1 is 0.438 bits per heavy atom. The van der Waals surface area contributed by atoms with Crippen LogP contribution in [0, 0.1) is 0 Å². The zero-order valence-electron chi connectivity index (χ0n) is 45.4. The zero-order chi connectivity index (χ0) is 53.2. The van der Waals surface area contributed by atoms with Gasteiger partial charge in [-0.25, -0.2) is 0 Å². The van der Waals surface area contributed by atoms with E-state index in [-0.39, 0.29) is 26.1 Å². The van der Waals surface area contributed by atoms with E-state index in [1.54, 1.807) is 0 Å². The van der Waals surface area contributed by atoms with Crippen molar-refractivity contribution in [3.8, 4) is 0 Å². The minimum absolute atomic E-state index is 0.164. The fraction of sp³-hybridized carbons (Fsp3) is 0.862. The summed E-state index contributed by atoms with van der Waals surface area (Å²) in [6, 6.07) is 0. The molecule has 2 saturated heterocycles. The van der Waals surface area contributed by atoms with Crippen LogP contribution in [0.2, 0.25) is 0 Å². The van der Waals surface area contributed by atoms with Gasteiger partial charge in [-0.3, -0.25) is 9.59 Å². The number of carbonyl (C=O) groups is 2. The number of carbonyl (C=O) groups excluding carboxylic acids is 2. The maximum atomic E-state index is 13.1. The molecule has 7 N–H and O–H groups in total. The van der Waals surface area contributed by atoms with Gasteiger partial charge in [0, 0.05) is 12.8 Å². The van der Waals surface area contributed by atoms with Crippen molar-refractivity contribution in [2.24, 2.45) is 0 Å². The highest BCUT2D eigenvalue weighted by atomic mass is 16.7. The van der Waals surface area contributed by atoms with Crippen LogP contribution >= 0.6 is 0 Å². The fourth-order valence-corrected chi connectivity index (χ4v) is 9.11. The lowest BCUT2D eigenvalue weighted by molar-refractivity contribution is -0.332. The van der Waals surface area contributed by atoms with Gasteiger partial charge in [0.05, 0.1) is 19.8 Å². The van der Waals surface area contributed by atoms with E-state index in [1.165, 1.54) is 122 Å². The molecular formula is C58H104O15. The van der Waals surface area contributed by atoms with Gasteiger partial charge in [-0.1, -0.05) is 198 Å². The molecule has 15 heteroatoms. The van der Waals surface area contributed by atoms with Gasteiger partial charge >= 0.3 is 11.9 Å². The highest BCUT2D eigenvalue weighted by Gasteiger charge is 2.47. The van der Waals surface area contributed by atoms with Crippen molar-refractivity contribution in [2.75, 3.05) is 26.4 Å². The van der Waals surface area contributed by atoms with Gasteiger partial charge in [-0.05, 0) is 51.4 Å². The van der Waals surface area contributed by atoms with Crippen LogP contribution in [-0.2, 0) is 38.0 Å². The molecule has 0 bridgehead atoms. The predicted octanol–water partition coefficient (Wildman–Crippen LogP) is 9.66. The van der Waals surface area contributed by atoms with Crippen LogP contribution in [0.15, 0.2) is 36.5 Å². The van der Waals surface area contributed by atoms with Crippen LogP contribution in [0.25, 0.3) is 0 Å². The lowest BCUT2D eigenvalue weighted by Crippen LogP contribution is -2.61. The van der Waals surface area contributed by atoms with Crippen LogP contribution in [0.4, 0.5) is 0 Å². The Morgan fingerprint density at radius 3 is 1.32 bits per heavy atom. The van der Waals surface area contributed by atoms with Crippen molar-refractivity contribution >= 4 is 11.9 Å². The van der Waals surface area contributed by atoms with Crippen molar-refractivity contribution in [3.63, 3.8) is 0 Å². The lowest BCUT2D eigenvalue weighted by Gasteiger charge is -2.42. The Bertz CT molecular complexity index is 1410. The maximum absolute atomic E-state index is 13.1. The Morgan fingerprint density at radius 2 is 0.822 bits per heavy atom. The maximum Gasteiger partial charge on any atom is 0.306 e. The molecule has 11 atom stereocenters. The summed E-state index contributed by atoms with van der Waals surface area (Å²) in [6.45, 7) is 2.58. The number of esters is 2. The molecule has 0 spiro atoms.